The minimum absolute atomic E-state index is 0.0761. The van der Waals surface area contributed by atoms with Gasteiger partial charge in [-0.05, 0) is 77.3 Å². The molecule has 12 heteroatoms. The number of aliphatic hydroxyl groups excluding tert-OH is 1. The Morgan fingerprint density at radius 1 is 0.824 bits per heavy atom. The Kier molecular flexibility index (Phi) is 21.1. The summed E-state index contributed by atoms with van der Waals surface area (Å²) in [6.07, 6.45) is -1.12. The highest BCUT2D eigenvalue weighted by molar-refractivity contribution is 7.91. The van der Waals surface area contributed by atoms with Crippen molar-refractivity contribution in [1.29, 1.82) is 0 Å². The number of aliphatic hydroxyl groups is 1. The summed E-state index contributed by atoms with van der Waals surface area (Å²) >= 11 is 0. The van der Waals surface area contributed by atoms with Gasteiger partial charge >= 0.3 is 0 Å². The molecule has 3 unspecified atom stereocenters. The van der Waals surface area contributed by atoms with Gasteiger partial charge in [0.15, 0.2) is 18.2 Å². The van der Waals surface area contributed by atoms with Gasteiger partial charge in [-0.2, -0.15) is 0 Å². The van der Waals surface area contributed by atoms with Crippen LogP contribution in [0.15, 0.2) is 133 Å². The van der Waals surface area contributed by atoms with Crippen molar-refractivity contribution in [2.24, 2.45) is 17.8 Å². The van der Waals surface area contributed by atoms with E-state index in [0.29, 0.717) is 39.3 Å². The molecule has 0 radical (unpaired) electrons. The summed E-state index contributed by atoms with van der Waals surface area (Å²) < 4.78 is 73.1. The Bertz CT molecular complexity index is 2260. The zero-order chi connectivity index (χ0) is 49.3. The molecule has 68 heavy (non-hydrogen) atoms. The molecule has 1 fully saturated rings. The first-order valence-corrected chi connectivity index (χ1v) is 28.5. The Labute approximate surface area is 408 Å². The topological polar surface area (TPSA) is 119 Å². The van der Waals surface area contributed by atoms with E-state index in [2.05, 4.69) is 78.3 Å². The lowest BCUT2D eigenvalue weighted by atomic mass is 9.84. The lowest BCUT2D eigenvalue weighted by Crippen LogP contribution is -2.51. The van der Waals surface area contributed by atoms with E-state index in [1.807, 2.05) is 72.8 Å². The SMILES string of the molecule is C=CC[C@@H]1O[C@H](C(C#CC(OC)[C@@H](C)[C@H](C)C(C[C@@H](COCc2ccc(OC)cc2)OCc2ccccc2)O[Si](C)(C)C(C)(C)C)CS(=O)(=O)c2ccccc2)[C@@H](O)C[C@H]1OCc1ccccc1. The fourth-order valence-electron chi connectivity index (χ4n) is 8.17. The monoisotopic (exact) mass is 968 g/mol. The molecular formula is C56H76O10SSi. The number of hydrogen-bond acceptors (Lipinski definition) is 10. The fourth-order valence-corrected chi connectivity index (χ4v) is 11.1. The van der Waals surface area contributed by atoms with Gasteiger partial charge in [-0.15, -0.1) is 6.58 Å². The van der Waals surface area contributed by atoms with Crippen molar-refractivity contribution in [3.8, 4) is 17.6 Å². The average molecular weight is 969 g/mol. The first-order chi connectivity index (χ1) is 32.4. The van der Waals surface area contributed by atoms with E-state index in [1.54, 1.807) is 50.6 Å². The molecule has 1 aliphatic rings. The van der Waals surface area contributed by atoms with E-state index in [1.165, 1.54) is 0 Å². The van der Waals surface area contributed by atoms with Gasteiger partial charge in [0.2, 0.25) is 0 Å². The molecule has 0 aliphatic carbocycles. The normalized spacial score (nSPS) is 20.5. The summed E-state index contributed by atoms with van der Waals surface area (Å²) in [7, 11) is -2.94. The van der Waals surface area contributed by atoms with Crippen LogP contribution >= 0.6 is 0 Å². The van der Waals surface area contributed by atoms with Crippen molar-refractivity contribution >= 4 is 18.2 Å². The van der Waals surface area contributed by atoms with Gasteiger partial charge in [-0.1, -0.05) is 144 Å². The number of sulfone groups is 1. The van der Waals surface area contributed by atoms with Gasteiger partial charge in [0.1, 0.15) is 11.9 Å². The maximum absolute atomic E-state index is 14.1. The van der Waals surface area contributed by atoms with Crippen molar-refractivity contribution < 1.29 is 46.4 Å². The van der Waals surface area contributed by atoms with Gasteiger partial charge < -0.3 is 38.0 Å². The lowest BCUT2D eigenvalue weighted by molar-refractivity contribution is -0.192. The summed E-state index contributed by atoms with van der Waals surface area (Å²) in [5.41, 5.74) is 3.09. The zero-order valence-electron chi connectivity index (χ0n) is 41.7. The van der Waals surface area contributed by atoms with Crippen molar-refractivity contribution in [3.05, 3.63) is 145 Å². The van der Waals surface area contributed by atoms with Gasteiger partial charge in [-0.25, -0.2) is 8.42 Å². The smallest absolute Gasteiger partial charge is 0.192 e. The Morgan fingerprint density at radius 2 is 1.41 bits per heavy atom. The van der Waals surface area contributed by atoms with Gasteiger partial charge in [0.25, 0.3) is 0 Å². The first kappa shape index (κ1) is 54.8. The summed E-state index contributed by atoms with van der Waals surface area (Å²) in [6, 6.07) is 36.1. The molecule has 0 spiro atoms. The number of ether oxygens (including phenoxy) is 6. The molecule has 4 aromatic rings. The van der Waals surface area contributed by atoms with E-state index < -0.39 is 54.6 Å². The largest absolute Gasteiger partial charge is 0.497 e. The van der Waals surface area contributed by atoms with Gasteiger partial charge in [-0.3, -0.25) is 0 Å². The highest BCUT2D eigenvalue weighted by Crippen LogP contribution is 2.40. The predicted octanol–water partition coefficient (Wildman–Crippen LogP) is 10.6. The number of rotatable bonds is 25. The van der Waals surface area contributed by atoms with Crippen LogP contribution in [0.1, 0.15) is 70.6 Å². The number of benzene rings is 4. The molecule has 0 aromatic heterocycles. The van der Waals surface area contributed by atoms with Gasteiger partial charge in [0.05, 0.1) is 86.7 Å². The van der Waals surface area contributed by atoms with Crippen LogP contribution in [0.2, 0.25) is 18.1 Å². The second kappa shape index (κ2) is 26.2. The molecule has 1 N–H and O–H groups in total. The van der Waals surface area contributed by atoms with Crippen LogP contribution < -0.4 is 4.74 Å². The predicted molar refractivity (Wildman–Crippen MR) is 272 cm³/mol. The molecule has 1 heterocycles. The second-order valence-electron chi connectivity index (χ2n) is 19.6. The molecule has 1 aliphatic heterocycles. The van der Waals surface area contributed by atoms with Crippen LogP contribution in [-0.2, 0) is 57.8 Å². The van der Waals surface area contributed by atoms with Crippen LogP contribution in [0.25, 0.3) is 0 Å². The maximum atomic E-state index is 14.1. The van der Waals surface area contributed by atoms with Crippen molar-refractivity contribution in [3.63, 3.8) is 0 Å². The molecule has 4 aromatic carbocycles. The molecule has 1 saturated heterocycles. The minimum Gasteiger partial charge on any atom is -0.497 e. The quantitative estimate of drug-likeness (QED) is 0.0391. The highest BCUT2D eigenvalue weighted by Gasteiger charge is 2.44. The van der Waals surface area contributed by atoms with E-state index in [-0.39, 0.29) is 46.2 Å². The van der Waals surface area contributed by atoms with Crippen LogP contribution in [0.4, 0.5) is 0 Å². The Morgan fingerprint density at radius 3 is 1.99 bits per heavy atom. The van der Waals surface area contributed by atoms with Gasteiger partial charge in [0, 0.05) is 20.0 Å². The average Bonchev–Trinajstić information content (AvgIpc) is 3.33. The summed E-state index contributed by atoms with van der Waals surface area (Å²) in [4.78, 5) is 0.178. The number of methoxy groups -OCH3 is 2. The van der Waals surface area contributed by atoms with E-state index in [4.69, 9.17) is 32.8 Å². The third-order valence-electron chi connectivity index (χ3n) is 13.6. The van der Waals surface area contributed by atoms with Crippen molar-refractivity contribution in [1.82, 2.24) is 0 Å². The van der Waals surface area contributed by atoms with Crippen LogP contribution in [-0.4, -0.2) is 91.1 Å². The zero-order valence-corrected chi connectivity index (χ0v) is 43.5. The molecule has 10 nitrogen and oxygen atoms in total. The van der Waals surface area contributed by atoms with Crippen LogP contribution in [0, 0.1) is 29.6 Å². The van der Waals surface area contributed by atoms with Crippen LogP contribution in [0.3, 0.4) is 0 Å². The highest BCUT2D eigenvalue weighted by atomic mass is 32.2. The lowest BCUT2D eigenvalue weighted by Gasteiger charge is -2.43. The fraction of sp³-hybridized carbons (Fsp3) is 0.500. The Balaban J connectivity index is 1.43. The van der Waals surface area contributed by atoms with E-state index in [0.717, 1.165) is 22.4 Å². The van der Waals surface area contributed by atoms with Crippen LogP contribution in [0.5, 0.6) is 5.75 Å². The minimum atomic E-state index is -3.86. The summed E-state index contributed by atoms with van der Waals surface area (Å²) in [5.74, 6) is 5.91. The molecule has 5 rings (SSSR count). The standard InChI is InChI=1S/C56H76O10SSi/c1-11-21-52-54(64-38-44-24-17-13-18-25-44)35-50(57)55(65-52)46(40-67(58,59)49-26-19-14-20-27-49)30-33-51(61-8)41(2)42(3)53(66-68(9,10)56(4,5)6)34-48(63-37-43-22-15-12-16-23-43)39-62-36-45-28-31-47(60-7)32-29-45/h11-20,22-29,31-32,41-42,46,48,50-55,57H,1,21,34-40H2,2-10H3/t41-,42-,46?,48-,50-,51?,52-,53?,54+,55+/m0/s1. The number of hydrogen-bond donors (Lipinski definition) is 1. The molecule has 0 bridgehead atoms. The third-order valence-corrected chi connectivity index (χ3v) is 19.9. The summed E-state index contributed by atoms with van der Waals surface area (Å²) in [6.45, 7) is 21.0. The summed E-state index contributed by atoms with van der Waals surface area (Å²) in [5, 5.41) is 11.7. The maximum Gasteiger partial charge on any atom is 0.192 e. The second-order valence-corrected chi connectivity index (χ2v) is 26.4. The molecule has 370 valence electrons. The Hall–Kier alpha value is -4.13. The van der Waals surface area contributed by atoms with E-state index >= 15 is 0 Å². The first-order valence-electron chi connectivity index (χ1n) is 23.9. The van der Waals surface area contributed by atoms with Crippen molar-refractivity contribution in [2.75, 3.05) is 26.6 Å². The molecular weight excluding hydrogens is 893 g/mol. The third kappa shape index (κ3) is 16.2. The molecule has 10 atom stereocenters. The molecule has 0 saturated carbocycles. The molecule has 0 amide bonds. The van der Waals surface area contributed by atoms with E-state index in [9.17, 15) is 13.5 Å². The van der Waals surface area contributed by atoms with Crippen molar-refractivity contribution in [2.45, 2.75) is 139 Å².